The van der Waals surface area contributed by atoms with E-state index in [9.17, 15) is 9.59 Å². The van der Waals surface area contributed by atoms with Crippen molar-refractivity contribution in [3.05, 3.63) is 94.7 Å². The molecule has 1 fully saturated rings. The number of ether oxygens (including phenoxy) is 2. The number of benzene rings is 3. The first-order valence-corrected chi connectivity index (χ1v) is 14.0. The molecule has 39 heavy (non-hydrogen) atoms. The standard InChI is InChI=1S/C32H30N2O4S/c1-19-28(33-31(36)38-20(2)21-7-5-4-6-8-21)29(39-34-19)24-11-13-26-22(17-24)9-10-23-18-25(12-14-27(23)26)32(15-16-32)30(35)37-3/h4-8,11-14,17-18,20H,9-10,15-16H2,1-3H3,(H,33,36)/t20-/m1/s1. The molecular formula is C32H30N2O4S. The van der Waals surface area contributed by atoms with Crippen molar-refractivity contribution >= 4 is 29.3 Å². The first-order valence-electron chi connectivity index (χ1n) is 13.2. The van der Waals surface area contributed by atoms with Gasteiger partial charge in [-0.2, -0.15) is 4.37 Å². The second-order valence-corrected chi connectivity index (χ2v) is 11.1. The maximum absolute atomic E-state index is 12.8. The fraction of sp³-hybridized carbons (Fsp3) is 0.281. The number of hydrogen-bond acceptors (Lipinski definition) is 6. The minimum absolute atomic E-state index is 0.133. The average Bonchev–Trinajstić information content (AvgIpc) is 3.70. The van der Waals surface area contributed by atoms with E-state index in [1.54, 1.807) is 0 Å². The maximum atomic E-state index is 12.8. The zero-order valence-corrected chi connectivity index (χ0v) is 23.1. The second kappa shape index (κ2) is 9.97. The van der Waals surface area contributed by atoms with E-state index in [2.05, 4.69) is 46.1 Å². The molecule has 198 valence electrons. The summed E-state index contributed by atoms with van der Waals surface area (Å²) in [4.78, 5) is 26.1. The topological polar surface area (TPSA) is 77.5 Å². The van der Waals surface area contributed by atoms with Gasteiger partial charge >= 0.3 is 12.1 Å². The summed E-state index contributed by atoms with van der Waals surface area (Å²) in [6.45, 7) is 3.75. The Morgan fingerprint density at radius 3 is 2.36 bits per heavy atom. The van der Waals surface area contributed by atoms with E-state index in [-0.39, 0.29) is 12.1 Å². The number of aromatic nitrogens is 1. The molecule has 0 spiro atoms. The predicted octanol–water partition coefficient (Wildman–Crippen LogP) is 7.40. The zero-order chi connectivity index (χ0) is 27.1. The van der Waals surface area contributed by atoms with E-state index in [4.69, 9.17) is 9.47 Å². The number of amides is 1. The van der Waals surface area contributed by atoms with Gasteiger partial charge in [-0.25, -0.2) is 4.79 Å². The molecule has 1 N–H and O–H groups in total. The van der Waals surface area contributed by atoms with Gasteiger partial charge in [0.15, 0.2) is 0 Å². The van der Waals surface area contributed by atoms with Crippen LogP contribution in [0.4, 0.5) is 10.5 Å². The third kappa shape index (κ3) is 4.61. The number of esters is 1. The van der Waals surface area contributed by atoms with Gasteiger partial charge in [0.05, 0.1) is 28.8 Å². The number of rotatable bonds is 6. The van der Waals surface area contributed by atoms with E-state index in [0.29, 0.717) is 5.69 Å². The van der Waals surface area contributed by atoms with E-state index >= 15 is 0 Å². The molecule has 0 unspecified atom stereocenters. The van der Waals surface area contributed by atoms with E-state index in [1.165, 1.54) is 40.9 Å². The molecule has 6 rings (SSSR count). The normalized spacial score (nSPS) is 15.5. The molecule has 0 aliphatic heterocycles. The smallest absolute Gasteiger partial charge is 0.412 e. The van der Waals surface area contributed by atoms with Gasteiger partial charge < -0.3 is 9.47 Å². The van der Waals surface area contributed by atoms with Gasteiger partial charge in [-0.3, -0.25) is 10.1 Å². The molecule has 2 aliphatic rings. The molecule has 2 aliphatic carbocycles. The third-order valence-electron chi connectivity index (χ3n) is 7.95. The SMILES string of the molecule is COC(=O)C1(c2ccc3c(c2)CCc2cc(-c4snc(C)c4NC(=O)O[C@H](C)c4ccccc4)ccc2-3)CC1. The van der Waals surface area contributed by atoms with Crippen LogP contribution in [0.25, 0.3) is 21.6 Å². The largest absolute Gasteiger partial charge is 0.468 e. The highest BCUT2D eigenvalue weighted by atomic mass is 32.1. The number of carbonyl (C=O) groups is 2. The van der Waals surface area contributed by atoms with Crippen LogP contribution in [0, 0.1) is 6.92 Å². The minimum atomic E-state index is -0.501. The fourth-order valence-electron chi connectivity index (χ4n) is 5.56. The van der Waals surface area contributed by atoms with Crippen LogP contribution in [0.5, 0.6) is 0 Å². The van der Waals surface area contributed by atoms with Crippen molar-refractivity contribution in [3.63, 3.8) is 0 Å². The lowest BCUT2D eigenvalue weighted by molar-refractivity contribution is -0.143. The molecule has 3 aromatic carbocycles. The fourth-order valence-corrected chi connectivity index (χ4v) is 6.41. The number of nitrogens with zero attached hydrogens (tertiary/aromatic N) is 1. The van der Waals surface area contributed by atoms with Crippen LogP contribution < -0.4 is 5.32 Å². The maximum Gasteiger partial charge on any atom is 0.412 e. The van der Waals surface area contributed by atoms with Gasteiger partial charge in [-0.15, -0.1) is 0 Å². The van der Waals surface area contributed by atoms with Gasteiger partial charge in [0.2, 0.25) is 0 Å². The number of methoxy groups -OCH3 is 1. The summed E-state index contributed by atoms with van der Waals surface area (Å²) in [7, 11) is 1.47. The van der Waals surface area contributed by atoms with E-state index < -0.39 is 11.5 Å². The first kappa shape index (κ1) is 25.3. The van der Waals surface area contributed by atoms with Crippen molar-refractivity contribution in [2.24, 2.45) is 0 Å². The highest BCUT2D eigenvalue weighted by Crippen LogP contribution is 2.50. The summed E-state index contributed by atoms with van der Waals surface area (Å²) >= 11 is 1.38. The molecule has 7 heteroatoms. The van der Waals surface area contributed by atoms with Gasteiger partial charge in [0.25, 0.3) is 0 Å². The number of anilines is 1. The van der Waals surface area contributed by atoms with Gasteiger partial charge in [0, 0.05) is 0 Å². The molecule has 0 bridgehead atoms. The molecule has 1 aromatic heterocycles. The predicted molar refractivity (Wildman–Crippen MR) is 153 cm³/mol. The Morgan fingerprint density at radius 2 is 1.67 bits per heavy atom. The number of hydrogen-bond donors (Lipinski definition) is 1. The molecule has 1 amide bonds. The van der Waals surface area contributed by atoms with Crippen molar-refractivity contribution in [2.45, 2.75) is 51.0 Å². The summed E-state index contributed by atoms with van der Waals surface area (Å²) in [5.41, 5.74) is 8.97. The second-order valence-electron chi connectivity index (χ2n) is 10.4. The Labute approximate surface area is 232 Å². The molecule has 0 saturated heterocycles. The lowest BCUT2D eigenvalue weighted by atomic mass is 9.82. The highest BCUT2D eigenvalue weighted by molar-refractivity contribution is 7.10. The Hall–Kier alpha value is -3.97. The number of carbonyl (C=O) groups excluding carboxylic acids is 2. The van der Waals surface area contributed by atoms with E-state index in [0.717, 1.165) is 52.9 Å². The summed E-state index contributed by atoms with van der Waals surface area (Å²) in [5.74, 6) is -0.133. The lowest BCUT2D eigenvalue weighted by Crippen LogP contribution is -2.22. The molecular weight excluding hydrogens is 508 g/mol. The number of fused-ring (bicyclic) bond motifs is 3. The van der Waals surface area contributed by atoms with Crippen LogP contribution in [0.1, 0.15) is 53.8 Å². The molecule has 6 nitrogen and oxygen atoms in total. The minimum Gasteiger partial charge on any atom is -0.468 e. The van der Waals surface area contributed by atoms with Gasteiger partial charge in [-0.05, 0) is 96.1 Å². The molecule has 1 saturated carbocycles. The number of nitrogens with one attached hydrogen (secondary N) is 1. The van der Waals surface area contributed by atoms with Crippen molar-refractivity contribution in [2.75, 3.05) is 12.4 Å². The zero-order valence-electron chi connectivity index (χ0n) is 22.2. The summed E-state index contributed by atoms with van der Waals surface area (Å²) in [5, 5.41) is 2.94. The van der Waals surface area contributed by atoms with Crippen LogP contribution in [0.3, 0.4) is 0 Å². The third-order valence-corrected chi connectivity index (χ3v) is 8.94. The van der Waals surface area contributed by atoms with Crippen molar-refractivity contribution in [1.29, 1.82) is 0 Å². The first-order chi connectivity index (χ1) is 18.9. The van der Waals surface area contributed by atoms with Crippen LogP contribution in [0.2, 0.25) is 0 Å². The molecule has 4 aromatic rings. The highest BCUT2D eigenvalue weighted by Gasteiger charge is 2.52. The van der Waals surface area contributed by atoms with Crippen molar-refractivity contribution < 1.29 is 19.1 Å². The van der Waals surface area contributed by atoms with Gasteiger partial charge in [0.1, 0.15) is 6.10 Å². The monoisotopic (exact) mass is 538 g/mol. The molecule has 0 radical (unpaired) electrons. The van der Waals surface area contributed by atoms with Crippen molar-refractivity contribution in [3.8, 4) is 21.6 Å². The Bertz CT molecular complexity index is 1570. The Balaban J connectivity index is 1.24. The van der Waals surface area contributed by atoms with Crippen LogP contribution >= 0.6 is 11.5 Å². The molecule has 1 heterocycles. The van der Waals surface area contributed by atoms with Crippen LogP contribution in [-0.2, 0) is 32.5 Å². The summed E-state index contributed by atoms with van der Waals surface area (Å²) < 4.78 is 15.3. The lowest BCUT2D eigenvalue weighted by Gasteiger charge is -2.23. The van der Waals surface area contributed by atoms with Crippen LogP contribution in [-0.4, -0.2) is 23.5 Å². The quantitative estimate of drug-likeness (QED) is 0.259. The van der Waals surface area contributed by atoms with Crippen LogP contribution in [0.15, 0.2) is 66.7 Å². The Morgan fingerprint density at radius 1 is 0.974 bits per heavy atom. The van der Waals surface area contributed by atoms with Crippen molar-refractivity contribution in [1.82, 2.24) is 4.37 Å². The summed E-state index contributed by atoms with van der Waals surface area (Å²) in [6, 6.07) is 22.6. The molecule has 1 atom stereocenters. The van der Waals surface area contributed by atoms with Gasteiger partial charge in [-0.1, -0.05) is 60.7 Å². The van der Waals surface area contributed by atoms with E-state index in [1.807, 2.05) is 44.2 Å². The Kier molecular flexibility index (Phi) is 6.47. The average molecular weight is 539 g/mol. The number of aryl methyl sites for hydroxylation is 3. The summed E-state index contributed by atoms with van der Waals surface area (Å²) in [6.07, 6.45) is 2.64.